The summed E-state index contributed by atoms with van der Waals surface area (Å²) in [5.74, 6) is 0.803. The Labute approximate surface area is 110 Å². The van der Waals surface area contributed by atoms with E-state index in [2.05, 4.69) is 0 Å². The van der Waals surface area contributed by atoms with E-state index in [-0.39, 0.29) is 11.7 Å². The van der Waals surface area contributed by atoms with E-state index in [1.165, 1.54) is 32.1 Å². The molecule has 1 aliphatic carbocycles. The highest BCUT2D eigenvalue weighted by atomic mass is 16.5. The minimum absolute atomic E-state index is 0.113. The quantitative estimate of drug-likeness (QED) is 0.823. The first kappa shape index (κ1) is 12.9. The van der Waals surface area contributed by atoms with Gasteiger partial charge in [-0.15, -0.1) is 0 Å². The molecule has 1 N–H and O–H groups in total. The standard InChI is InChI=1S/C15H26O3/c16-14(13-4-8-17-11-13)12-5-9-18-15(10-12)6-2-1-3-7-15/h12-14,16H,1-11H2. The van der Waals surface area contributed by atoms with Crippen molar-refractivity contribution in [3.8, 4) is 0 Å². The highest BCUT2D eigenvalue weighted by molar-refractivity contribution is 4.93. The van der Waals surface area contributed by atoms with E-state index in [1.54, 1.807) is 0 Å². The second-order valence-electron chi connectivity index (χ2n) is 6.46. The Morgan fingerprint density at radius 2 is 1.78 bits per heavy atom. The molecule has 104 valence electrons. The van der Waals surface area contributed by atoms with E-state index in [9.17, 15) is 5.11 Å². The first-order valence-electron chi connectivity index (χ1n) is 7.69. The maximum absolute atomic E-state index is 10.6. The van der Waals surface area contributed by atoms with Crippen LogP contribution in [0.4, 0.5) is 0 Å². The average Bonchev–Trinajstić information content (AvgIpc) is 2.93. The Morgan fingerprint density at radius 1 is 1.00 bits per heavy atom. The number of aliphatic hydroxyl groups excluding tert-OH is 1. The lowest BCUT2D eigenvalue weighted by Crippen LogP contribution is -2.45. The van der Waals surface area contributed by atoms with E-state index < -0.39 is 0 Å². The first-order chi connectivity index (χ1) is 8.79. The Morgan fingerprint density at radius 3 is 2.50 bits per heavy atom. The van der Waals surface area contributed by atoms with Crippen LogP contribution in [0, 0.1) is 11.8 Å². The molecule has 3 aliphatic rings. The van der Waals surface area contributed by atoms with Crippen molar-refractivity contribution in [2.45, 2.75) is 63.1 Å². The molecule has 2 aliphatic heterocycles. The molecule has 0 amide bonds. The zero-order valence-electron chi connectivity index (χ0n) is 11.3. The van der Waals surface area contributed by atoms with Crippen LogP contribution in [0.5, 0.6) is 0 Å². The smallest absolute Gasteiger partial charge is 0.0686 e. The van der Waals surface area contributed by atoms with Gasteiger partial charge in [0.1, 0.15) is 0 Å². The minimum atomic E-state index is -0.171. The van der Waals surface area contributed by atoms with Gasteiger partial charge in [-0.1, -0.05) is 19.3 Å². The predicted molar refractivity (Wildman–Crippen MR) is 69.4 cm³/mol. The van der Waals surface area contributed by atoms with Gasteiger partial charge in [0.05, 0.1) is 18.3 Å². The Balaban J connectivity index is 1.62. The van der Waals surface area contributed by atoms with Crippen LogP contribution in [0.2, 0.25) is 0 Å². The van der Waals surface area contributed by atoms with E-state index in [1.807, 2.05) is 0 Å². The second kappa shape index (κ2) is 5.48. The Hall–Kier alpha value is -0.120. The van der Waals surface area contributed by atoms with Gasteiger partial charge >= 0.3 is 0 Å². The van der Waals surface area contributed by atoms with E-state index in [0.717, 1.165) is 39.1 Å². The van der Waals surface area contributed by atoms with Crippen LogP contribution in [0.1, 0.15) is 51.4 Å². The van der Waals surface area contributed by atoms with Gasteiger partial charge in [-0.2, -0.15) is 0 Å². The third kappa shape index (κ3) is 2.59. The molecule has 1 saturated carbocycles. The van der Waals surface area contributed by atoms with Crippen LogP contribution in [-0.4, -0.2) is 36.6 Å². The molecule has 3 fully saturated rings. The SMILES string of the molecule is OC(C1CCOC1)C1CCOC2(CCCCC2)C1. The number of hydrogen-bond acceptors (Lipinski definition) is 3. The molecule has 0 aromatic heterocycles. The van der Waals surface area contributed by atoms with Crippen LogP contribution in [0.3, 0.4) is 0 Å². The molecule has 2 saturated heterocycles. The van der Waals surface area contributed by atoms with Gasteiger partial charge in [0.25, 0.3) is 0 Å². The van der Waals surface area contributed by atoms with E-state index in [4.69, 9.17) is 9.47 Å². The first-order valence-corrected chi connectivity index (χ1v) is 7.69. The van der Waals surface area contributed by atoms with Crippen molar-refractivity contribution in [3.05, 3.63) is 0 Å². The van der Waals surface area contributed by atoms with Crippen molar-refractivity contribution in [3.63, 3.8) is 0 Å². The van der Waals surface area contributed by atoms with Crippen molar-refractivity contribution in [1.29, 1.82) is 0 Å². The summed E-state index contributed by atoms with van der Waals surface area (Å²) >= 11 is 0. The molecule has 18 heavy (non-hydrogen) atoms. The zero-order chi connectivity index (χ0) is 12.4. The van der Waals surface area contributed by atoms with Crippen LogP contribution in [-0.2, 0) is 9.47 Å². The largest absolute Gasteiger partial charge is 0.392 e. The van der Waals surface area contributed by atoms with Crippen molar-refractivity contribution in [2.24, 2.45) is 11.8 Å². The fourth-order valence-electron chi connectivity index (χ4n) is 4.11. The molecule has 3 atom stereocenters. The van der Waals surface area contributed by atoms with Crippen LogP contribution < -0.4 is 0 Å². The lowest BCUT2D eigenvalue weighted by Gasteiger charge is -2.45. The Kier molecular flexibility index (Phi) is 3.92. The van der Waals surface area contributed by atoms with Gasteiger partial charge in [-0.3, -0.25) is 0 Å². The van der Waals surface area contributed by atoms with Crippen LogP contribution in [0.25, 0.3) is 0 Å². The molecule has 0 bridgehead atoms. The molecule has 0 radical (unpaired) electrons. The number of hydrogen-bond donors (Lipinski definition) is 1. The van der Waals surface area contributed by atoms with Gasteiger partial charge in [0, 0.05) is 19.1 Å². The normalized spacial score (nSPS) is 37.8. The van der Waals surface area contributed by atoms with Crippen LogP contribution in [0.15, 0.2) is 0 Å². The van der Waals surface area contributed by atoms with Crippen molar-refractivity contribution < 1.29 is 14.6 Å². The zero-order valence-corrected chi connectivity index (χ0v) is 11.3. The fraction of sp³-hybridized carbons (Fsp3) is 1.00. The summed E-state index contributed by atoms with van der Waals surface area (Å²) in [5.41, 5.74) is 0.113. The predicted octanol–water partition coefficient (Wildman–Crippen LogP) is 2.51. The van der Waals surface area contributed by atoms with Gasteiger partial charge in [-0.05, 0) is 38.0 Å². The summed E-state index contributed by atoms with van der Waals surface area (Å²) in [6.45, 7) is 2.43. The van der Waals surface area contributed by atoms with Gasteiger partial charge in [0.2, 0.25) is 0 Å². The third-order valence-electron chi connectivity index (χ3n) is 5.23. The van der Waals surface area contributed by atoms with Gasteiger partial charge in [-0.25, -0.2) is 0 Å². The lowest BCUT2D eigenvalue weighted by atomic mass is 9.73. The molecular weight excluding hydrogens is 228 g/mol. The van der Waals surface area contributed by atoms with Crippen molar-refractivity contribution >= 4 is 0 Å². The van der Waals surface area contributed by atoms with E-state index >= 15 is 0 Å². The summed E-state index contributed by atoms with van der Waals surface area (Å²) in [5, 5.41) is 10.6. The summed E-state index contributed by atoms with van der Waals surface area (Å²) in [4.78, 5) is 0. The maximum Gasteiger partial charge on any atom is 0.0686 e. The molecule has 3 rings (SSSR count). The fourth-order valence-corrected chi connectivity index (χ4v) is 4.11. The topological polar surface area (TPSA) is 38.7 Å². The third-order valence-corrected chi connectivity index (χ3v) is 5.23. The lowest BCUT2D eigenvalue weighted by molar-refractivity contribution is -0.139. The minimum Gasteiger partial charge on any atom is -0.392 e. The summed E-state index contributed by atoms with van der Waals surface area (Å²) in [6.07, 6.45) is 9.33. The number of ether oxygens (including phenoxy) is 2. The summed E-state index contributed by atoms with van der Waals surface area (Å²) in [7, 11) is 0. The van der Waals surface area contributed by atoms with Crippen molar-refractivity contribution in [2.75, 3.05) is 19.8 Å². The van der Waals surface area contributed by atoms with Gasteiger partial charge in [0.15, 0.2) is 0 Å². The second-order valence-corrected chi connectivity index (χ2v) is 6.46. The monoisotopic (exact) mass is 254 g/mol. The number of aliphatic hydroxyl groups is 1. The van der Waals surface area contributed by atoms with Crippen molar-refractivity contribution in [1.82, 2.24) is 0 Å². The maximum atomic E-state index is 10.6. The summed E-state index contributed by atoms with van der Waals surface area (Å²) < 4.78 is 11.5. The molecule has 3 nitrogen and oxygen atoms in total. The van der Waals surface area contributed by atoms with Crippen LogP contribution >= 0.6 is 0 Å². The average molecular weight is 254 g/mol. The number of rotatable bonds is 2. The molecule has 2 heterocycles. The Bertz CT molecular complexity index is 261. The van der Waals surface area contributed by atoms with E-state index in [0.29, 0.717) is 11.8 Å². The molecule has 0 aromatic rings. The molecule has 3 heteroatoms. The molecule has 0 aromatic carbocycles. The molecule has 1 spiro atoms. The molecular formula is C15H26O3. The highest BCUT2D eigenvalue weighted by Crippen LogP contribution is 2.42. The van der Waals surface area contributed by atoms with Gasteiger partial charge < -0.3 is 14.6 Å². The highest BCUT2D eigenvalue weighted by Gasteiger charge is 2.42. The molecule has 3 unspecified atom stereocenters. The summed E-state index contributed by atoms with van der Waals surface area (Å²) in [6, 6.07) is 0.